The lowest BCUT2D eigenvalue weighted by Crippen LogP contribution is -2.41. The summed E-state index contributed by atoms with van der Waals surface area (Å²) in [5, 5.41) is 9.18. The average molecular weight is 370 g/mol. The number of rotatable bonds is 5. The van der Waals surface area contributed by atoms with Gasteiger partial charge in [0, 0.05) is 17.9 Å². The van der Waals surface area contributed by atoms with Crippen LogP contribution in [0.2, 0.25) is 5.02 Å². The van der Waals surface area contributed by atoms with Crippen LogP contribution >= 0.6 is 11.6 Å². The molecular formula is C20H20ClN3O2. The Labute approximate surface area is 157 Å². The Morgan fingerprint density at radius 2 is 1.85 bits per heavy atom. The van der Waals surface area contributed by atoms with Crippen LogP contribution in [0.15, 0.2) is 59.7 Å². The third kappa shape index (κ3) is 4.49. The maximum atomic E-state index is 12.3. The van der Waals surface area contributed by atoms with Crippen molar-refractivity contribution in [1.29, 1.82) is 0 Å². The SMILES string of the molecule is CC(NC(=O)CN1N=C(c2ccc(Cl)cc2)CCC1=O)c1ccccc1. The minimum atomic E-state index is -0.240. The van der Waals surface area contributed by atoms with E-state index in [2.05, 4.69) is 10.4 Å². The van der Waals surface area contributed by atoms with Crippen LogP contribution in [0.3, 0.4) is 0 Å². The lowest BCUT2D eigenvalue weighted by molar-refractivity contribution is -0.136. The quantitative estimate of drug-likeness (QED) is 0.876. The topological polar surface area (TPSA) is 61.8 Å². The molecule has 0 aromatic heterocycles. The van der Waals surface area contributed by atoms with Crippen LogP contribution in [-0.4, -0.2) is 29.1 Å². The van der Waals surface area contributed by atoms with E-state index in [1.165, 1.54) is 5.01 Å². The third-order valence-electron chi connectivity index (χ3n) is 4.25. The molecular weight excluding hydrogens is 350 g/mol. The first-order valence-corrected chi connectivity index (χ1v) is 8.89. The van der Waals surface area contributed by atoms with E-state index in [-0.39, 0.29) is 24.4 Å². The van der Waals surface area contributed by atoms with E-state index in [0.717, 1.165) is 16.8 Å². The number of benzene rings is 2. The molecule has 0 saturated carbocycles. The highest BCUT2D eigenvalue weighted by molar-refractivity contribution is 6.30. The Balaban J connectivity index is 1.67. The summed E-state index contributed by atoms with van der Waals surface area (Å²) in [5.74, 6) is -0.388. The zero-order valence-corrected chi connectivity index (χ0v) is 15.2. The van der Waals surface area contributed by atoms with Crippen LogP contribution in [0, 0.1) is 0 Å². The van der Waals surface area contributed by atoms with Gasteiger partial charge in [0.15, 0.2) is 0 Å². The van der Waals surface area contributed by atoms with Crippen molar-refractivity contribution in [3.8, 4) is 0 Å². The molecule has 0 fully saturated rings. The van der Waals surface area contributed by atoms with Crippen molar-refractivity contribution >= 4 is 29.1 Å². The zero-order chi connectivity index (χ0) is 18.5. The van der Waals surface area contributed by atoms with Gasteiger partial charge in [-0.3, -0.25) is 9.59 Å². The van der Waals surface area contributed by atoms with E-state index in [0.29, 0.717) is 17.9 Å². The van der Waals surface area contributed by atoms with Crippen LogP contribution < -0.4 is 5.32 Å². The van der Waals surface area contributed by atoms with Gasteiger partial charge in [-0.1, -0.05) is 54.1 Å². The second kappa shape index (κ2) is 8.15. The van der Waals surface area contributed by atoms with Crippen LogP contribution in [0.5, 0.6) is 0 Å². The van der Waals surface area contributed by atoms with E-state index < -0.39 is 0 Å². The predicted octanol–water partition coefficient (Wildman–Crippen LogP) is 3.54. The van der Waals surface area contributed by atoms with E-state index >= 15 is 0 Å². The first-order valence-electron chi connectivity index (χ1n) is 8.51. The molecule has 1 heterocycles. The standard InChI is InChI=1S/C20H20ClN3O2/c1-14(15-5-3-2-4-6-15)22-19(25)13-24-20(26)12-11-18(23-24)16-7-9-17(21)10-8-16/h2-10,14H,11-13H2,1H3,(H,22,25). The third-order valence-corrected chi connectivity index (χ3v) is 4.50. The monoisotopic (exact) mass is 369 g/mol. The van der Waals surface area contributed by atoms with Crippen molar-refractivity contribution in [2.24, 2.45) is 5.10 Å². The van der Waals surface area contributed by atoms with Gasteiger partial charge in [-0.05, 0) is 30.2 Å². The fourth-order valence-electron chi connectivity index (χ4n) is 2.82. The van der Waals surface area contributed by atoms with Crippen molar-refractivity contribution in [3.63, 3.8) is 0 Å². The molecule has 3 rings (SSSR count). The highest BCUT2D eigenvalue weighted by Crippen LogP contribution is 2.18. The molecule has 1 aliphatic heterocycles. The highest BCUT2D eigenvalue weighted by Gasteiger charge is 2.24. The fraction of sp³-hybridized carbons (Fsp3) is 0.250. The van der Waals surface area contributed by atoms with Crippen LogP contribution in [0.1, 0.15) is 36.9 Å². The summed E-state index contributed by atoms with van der Waals surface area (Å²) in [5.41, 5.74) is 2.70. The maximum Gasteiger partial charge on any atom is 0.243 e. The summed E-state index contributed by atoms with van der Waals surface area (Å²) >= 11 is 5.91. The Bertz CT molecular complexity index is 819. The zero-order valence-electron chi connectivity index (χ0n) is 14.5. The Morgan fingerprint density at radius 3 is 2.54 bits per heavy atom. The summed E-state index contributed by atoms with van der Waals surface area (Å²) < 4.78 is 0. The number of carbonyl (C=O) groups is 2. The maximum absolute atomic E-state index is 12.3. The molecule has 2 amide bonds. The van der Waals surface area contributed by atoms with Crippen molar-refractivity contribution in [2.45, 2.75) is 25.8 Å². The molecule has 0 bridgehead atoms. The number of hydrogen-bond donors (Lipinski definition) is 1. The van der Waals surface area contributed by atoms with Gasteiger partial charge in [-0.2, -0.15) is 5.10 Å². The Hall–Kier alpha value is -2.66. The second-order valence-corrected chi connectivity index (χ2v) is 6.64. The van der Waals surface area contributed by atoms with Gasteiger partial charge in [0.05, 0.1) is 11.8 Å². The summed E-state index contributed by atoms with van der Waals surface area (Å²) in [7, 11) is 0. The largest absolute Gasteiger partial charge is 0.348 e. The molecule has 134 valence electrons. The lowest BCUT2D eigenvalue weighted by Gasteiger charge is -2.24. The molecule has 1 aliphatic rings. The number of hydrazone groups is 1. The first-order chi connectivity index (χ1) is 12.5. The molecule has 1 atom stereocenters. The van der Waals surface area contributed by atoms with Crippen molar-refractivity contribution < 1.29 is 9.59 Å². The van der Waals surface area contributed by atoms with Crippen molar-refractivity contribution in [3.05, 3.63) is 70.7 Å². The number of halogens is 1. The molecule has 0 spiro atoms. The van der Waals surface area contributed by atoms with E-state index in [1.807, 2.05) is 49.4 Å². The first kappa shape index (κ1) is 18.1. The minimum absolute atomic E-state index is 0.0902. The van der Waals surface area contributed by atoms with Crippen LogP contribution in [0.4, 0.5) is 0 Å². The van der Waals surface area contributed by atoms with Gasteiger partial charge in [-0.15, -0.1) is 0 Å². The summed E-state index contributed by atoms with van der Waals surface area (Å²) in [4.78, 5) is 24.5. The number of carbonyl (C=O) groups excluding carboxylic acids is 2. The van der Waals surface area contributed by atoms with Gasteiger partial charge in [0.2, 0.25) is 11.8 Å². The Kier molecular flexibility index (Phi) is 5.68. The second-order valence-electron chi connectivity index (χ2n) is 6.20. The molecule has 2 aromatic rings. The molecule has 0 saturated heterocycles. The van der Waals surface area contributed by atoms with Crippen molar-refractivity contribution in [1.82, 2.24) is 10.3 Å². The van der Waals surface area contributed by atoms with Crippen LogP contribution in [0.25, 0.3) is 0 Å². The van der Waals surface area contributed by atoms with Gasteiger partial charge in [0.1, 0.15) is 6.54 Å². The van der Waals surface area contributed by atoms with Crippen molar-refractivity contribution in [2.75, 3.05) is 6.54 Å². The number of nitrogens with zero attached hydrogens (tertiary/aromatic N) is 2. The lowest BCUT2D eigenvalue weighted by atomic mass is 10.0. The summed E-state index contributed by atoms with van der Waals surface area (Å²) in [6.45, 7) is 1.82. The van der Waals surface area contributed by atoms with E-state index in [4.69, 9.17) is 11.6 Å². The Morgan fingerprint density at radius 1 is 1.15 bits per heavy atom. The highest BCUT2D eigenvalue weighted by atomic mass is 35.5. The van der Waals surface area contributed by atoms with Crippen LogP contribution in [-0.2, 0) is 9.59 Å². The summed E-state index contributed by atoms with van der Waals surface area (Å²) in [6.07, 6.45) is 0.891. The number of hydrogen-bond acceptors (Lipinski definition) is 3. The molecule has 6 heteroatoms. The normalized spacial score (nSPS) is 15.4. The molecule has 5 nitrogen and oxygen atoms in total. The smallest absolute Gasteiger partial charge is 0.243 e. The molecule has 1 unspecified atom stereocenters. The van der Waals surface area contributed by atoms with E-state index in [9.17, 15) is 9.59 Å². The summed E-state index contributed by atoms with van der Waals surface area (Å²) in [6, 6.07) is 16.9. The molecule has 26 heavy (non-hydrogen) atoms. The fourth-order valence-corrected chi connectivity index (χ4v) is 2.95. The number of amides is 2. The molecule has 0 radical (unpaired) electrons. The number of nitrogens with one attached hydrogen (secondary N) is 1. The van der Waals surface area contributed by atoms with Gasteiger partial charge < -0.3 is 5.32 Å². The van der Waals surface area contributed by atoms with E-state index in [1.54, 1.807) is 12.1 Å². The predicted molar refractivity (Wildman–Crippen MR) is 102 cm³/mol. The van der Waals surface area contributed by atoms with Gasteiger partial charge in [0.25, 0.3) is 0 Å². The molecule has 0 aliphatic carbocycles. The molecule has 2 aromatic carbocycles. The minimum Gasteiger partial charge on any atom is -0.348 e. The van der Waals surface area contributed by atoms with Gasteiger partial charge in [-0.25, -0.2) is 5.01 Å². The average Bonchev–Trinajstić information content (AvgIpc) is 2.65. The molecule has 1 N–H and O–H groups in total. The van der Waals surface area contributed by atoms with Gasteiger partial charge >= 0.3 is 0 Å².